The Morgan fingerprint density at radius 2 is 1.42 bits per heavy atom. The van der Waals surface area contributed by atoms with Crippen molar-refractivity contribution in [2.24, 2.45) is 16.7 Å². The van der Waals surface area contributed by atoms with Gasteiger partial charge in [-0.15, -0.1) is 0 Å². The molecule has 0 amide bonds. The Kier molecular flexibility index (Phi) is 13.4. The summed E-state index contributed by atoms with van der Waals surface area (Å²) in [5.74, 6) is 0.531. The average Bonchev–Trinajstić information content (AvgIpc) is 3.20. The number of fused-ring (bicyclic) bond motifs is 2. The van der Waals surface area contributed by atoms with E-state index in [0.717, 1.165) is 25.7 Å². The topological polar surface area (TPSA) is 54.4 Å². The van der Waals surface area contributed by atoms with E-state index in [1.807, 2.05) is 0 Å². The first-order chi connectivity index (χ1) is 14.7. The highest BCUT2D eigenvalue weighted by Crippen LogP contribution is 2.59. The van der Waals surface area contributed by atoms with Gasteiger partial charge in [0.2, 0.25) is 0 Å². The van der Waals surface area contributed by atoms with E-state index in [4.69, 9.17) is 5.11 Å². The highest BCUT2D eigenvalue weighted by atomic mass is 16.4. The average molecular weight is 435 g/mol. The number of hydrogen-bond donors (Lipinski definition) is 1. The highest BCUT2D eigenvalue weighted by Gasteiger charge is 2.58. The summed E-state index contributed by atoms with van der Waals surface area (Å²) >= 11 is 0. The van der Waals surface area contributed by atoms with Crippen LogP contribution in [0.3, 0.4) is 0 Å². The van der Waals surface area contributed by atoms with Crippen LogP contribution in [0.1, 0.15) is 137 Å². The van der Waals surface area contributed by atoms with Crippen LogP contribution in [-0.2, 0) is 9.59 Å². The molecule has 1 N–H and O–H groups in total. The van der Waals surface area contributed by atoms with Crippen LogP contribution in [0.4, 0.5) is 0 Å². The number of Topliss-reactive ketones (excluding diaryl/α,β-unsaturated/α-hetero) is 1. The lowest BCUT2D eigenvalue weighted by molar-refractivity contribution is -0.137. The molecule has 2 aliphatic carbocycles. The Labute approximate surface area is 192 Å². The van der Waals surface area contributed by atoms with Gasteiger partial charge in [-0.05, 0) is 57.3 Å². The number of carbonyl (C=O) groups excluding carboxylic acids is 1. The van der Waals surface area contributed by atoms with Crippen LogP contribution in [0, 0.1) is 16.7 Å². The normalized spacial score (nSPS) is 23.9. The summed E-state index contributed by atoms with van der Waals surface area (Å²) in [7, 11) is 0. The van der Waals surface area contributed by atoms with E-state index in [2.05, 4.69) is 39.8 Å². The third kappa shape index (κ3) is 10.4. The monoisotopic (exact) mass is 434 g/mol. The third-order valence-electron chi connectivity index (χ3n) is 7.55. The van der Waals surface area contributed by atoms with Gasteiger partial charge in [-0.25, -0.2) is 0 Å². The maximum Gasteiger partial charge on any atom is 0.303 e. The standard InChI is InChI=1S/C18H34O2.C10H16O/c1-2-3-4-5-6-7-8-9-10-11-12-13-14-15-16-17-18(19)20;1-9(2)7-4-5-10(3,6-7)8(9)11/h9-10H,2-8,11-17H2,1H3,(H,19,20);7H,4-6H2,1-3H3/b10-9+;/t;7-,10+/m.1/s1. The molecule has 3 nitrogen and oxygen atoms in total. The molecule has 31 heavy (non-hydrogen) atoms. The molecule has 2 aliphatic rings. The molecule has 3 heteroatoms. The molecule has 180 valence electrons. The number of carboxylic acids is 1. The molecule has 2 atom stereocenters. The van der Waals surface area contributed by atoms with Crippen LogP contribution < -0.4 is 0 Å². The fourth-order valence-corrected chi connectivity index (χ4v) is 5.37. The van der Waals surface area contributed by atoms with E-state index in [1.54, 1.807) is 0 Å². The minimum atomic E-state index is -0.664. The zero-order valence-electron chi connectivity index (χ0n) is 21.0. The van der Waals surface area contributed by atoms with Crippen molar-refractivity contribution in [1.29, 1.82) is 0 Å². The molecule has 0 aromatic rings. The molecule has 0 spiro atoms. The van der Waals surface area contributed by atoms with Crippen LogP contribution in [0.5, 0.6) is 0 Å². The SMILES string of the molecule is CC1(C)C(=O)[C@@]2(C)CC[C@@H]1C2.CCCCCCCC/C=C/CCCCCCCC(=O)O. The van der Waals surface area contributed by atoms with E-state index in [9.17, 15) is 9.59 Å². The van der Waals surface area contributed by atoms with Crippen molar-refractivity contribution in [3.63, 3.8) is 0 Å². The molecule has 2 rings (SSSR count). The lowest BCUT2D eigenvalue weighted by atomic mass is 9.72. The van der Waals surface area contributed by atoms with E-state index in [1.165, 1.54) is 77.0 Å². The Morgan fingerprint density at radius 3 is 1.84 bits per heavy atom. The summed E-state index contributed by atoms with van der Waals surface area (Å²) in [5.41, 5.74) is 0.0567. The Hall–Kier alpha value is -1.12. The lowest BCUT2D eigenvalue weighted by Gasteiger charge is -2.31. The molecule has 0 unspecified atom stereocenters. The van der Waals surface area contributed by atoms with Crippen molar-refractivity contribution in [2.75, 3.05) is 0 Å². The van der Waals surface area contributed by atoms with Gasteiger partial charge in [0.25, 0.3) is 0 Å². The maximum absolute atomic E-state index is 11.8. The van der Waals surface area contributed by atoms with Crippen molar-refractivity contribution in [1.82, 2.24) is 0 Å². The fourth-order valence-electron chi connectivity index (χ4n) is 5.37. The molecule has 0 aromatic carbocycles. The zero-order chi connectivity index (χ0) is 23.2. The summed E-state index contributed by atoms with van der Waals surface area (Å²) in [4.78, 5) is 22.1. The van der Waals surface area contributed by atoms with Gasteiger partial charge in [-0.3, -0.25) is 9.59 Å². The van der Waals surface area contributed by atoms with Crippen molar-refractivity contribution in [2.45, 2.75) is 137 Å². The first-order valence-electron chi connectivity index (χ1n) is 13.2. The fraction of sp³-hybridized carbons (Fsp3) is 0.857. The van der Waals surface area contributed by atoms with Gasteiger partial charge in [0.05, 0.1) is 0 Å². The number of aliphatic carboxylic acids is 1. The second kappa shape index (κ2) is 14.9. The van der Waals surface area contributed by atoms with Crippen LogP contribution in [-0.4, -0.2) is 16.9 Å². The molecule has 0 heterocycles. The van der Waals surface area contributed by atoms with E-state index in [-0.39, 0.29) is 10.8 Å². The summed E-state index contributed by atoms with van der Waals surface area (Å²) in [6, 6.07) is 0. The molecule has 2 fully saturated rings. The van der Waals surface area contributed by atoms with Gasteiger partial charge in [0.1, 0.15) is 5.78 Å². The Balaban J connectivity index is 0.000000361. The molecular weight excluding hydrogens is 384 g/mol. The quantitative estimate of drug-likeness (QED) is 0.207. The summed E-state index contributed by atoms with van der Waals surface area (Å²) in [6.45, 7) is 8.63. The Morgan fingerprint density at radius 1 is 0.903 bits per heavy atom. The lowest BCUT2D eigenvalue weighted by Crippen LogP contribution is -2.35. The first kappa shape index (κ1) is 27.9. The second-order valence-corrected chi connectivity index (χ2v) is 10.8. The summed E-state index contributed by atoms with van der Waals surface area (Å²) in [5, 5.41) is 8.51. The number of rotatable bonds is 15. The van der Waals surface area contributed by atoms with Crippen molar-refractivity contribution < 1.29 is 14.7 Å². The number of allylic oxidation sites excluding steroid dienone is 2. The number of carboxylic acid groups (broad SMARTS) is 1. The van der Waals surface area contributed by atoms with E-state index < -0.39 is 5.97 Å². The third-order valence-corrected chi connectivity index (χ3v) is 7.55. The second-order valence-electron chi connectivity index (χ2n) is 10.8. The van der Waals surface area contributed by atoms with Crippen LogP contribution >= 0.6 is 0 Å². The van der Waals surface area contributed by atoms with E-state index >= 15 is 0 Å². The van der Waals surface area contributed by atoms with Gasteiger partial charge in [-0.1, -0.05) is 91.2 Å². The molecule has 2 bridgehead atoms. The van der Waals surface area contributed by atoms with Crippen LogP contribution in [0.15, 0.2) is 12.2 Å². The summed E-state index contributed by atoms with van der Waals surface area (Å²) < 4.78 is 0. The zero-order valence-corrected chi connectivity index (χ0v) is 21.0. The molecule has 0 aliphatic heterocycles. The molecule has 2 saturated carbocycles. The van der Waals surface area contributed by atoms with Gasteiger partial charge in [-0.2, -0.15) is 0 Å². The summed E-state index contributed by atoms with van der Waals surface area (Å²) in [6.07, 6.45) is 24.8. The van der Waals surface area contributed by atoms with Crippen LogP contribution in [0.25, 0.3) is 0 Å². The molecule has 0 radical (unpaired) electrons. The number of ketones is 1. The van der Waals surface area contributed by atoms with Crippen LogP contribution in [0.2, 0.25) is 0 Å². The van der Waals surface area contributed by atoms with Gasteiger partial charge in [0, 0.05) is 17.3 Å². The number of unbranched alkanes of at least 4 members (excludes halogenated alkanes) is 11. The smallest absolute Gasteiger partial charge is 0.303 e. The van der Waals surface area contributed by atoms with Gasteiger partial charge < -0.3 is 5.11 Å². The predicted octanol–water partition coefficient (Wildman–Crippen LogP) is 8.51. The van der Waals surface area contributed by atoms with E-state index in [0.29, 0.717) is 18.1 Å². The molecule has 0 saturated heterocycles. The number of carbonyl (C=O) groups is 2. The first-order valence-corrected chi connectivity index (χ1v) is 13.2. The van der Waals surface area contributed by atoms with Gasteiger partial charge >= 0.3 is 5.97 Å². The largest absolute Gasteiger partial charge is 0.481 e. The Bertz CT molecular complexity index is 542. The van der Waals surface area contributed by atoms with Gasteiger partial charge in [0.15, 0.2) is 0 Å². The van der Waals surface area contributed by atoms with Crippen molar-refractivity contribution in [3.8, 4) is 0 Å². The van der Waals surface area contributed by atoms with Crippen molar-refractivity contribution in [3.05, 3.63) is 12.2 Å². The maximum atomic E-state index is 11.8. The van der Waals surface area contributed by atoms with Crippen molar-refractivity contribution >= 4 is 11.8 Å². The molecular formula is C28H50O3. The highest BCUT2D eigenvalue weighted by molar-refractivity contribution is 5.92. The molecule has 0 aromatic heterocycles. The predicted molar refractivity (Wildman–Crippen MR) is 131 cm³/mol. The minimum Gasteiger partial charge on any atom is -0.481 e. The number of hydrogen-bond acceptors (Lipinski definition) is 2. The minimum absolute atomic E-state index is 0.00694.